The van der Waals surface area contributed by atoms with Crippen LogP contribution >= 0.6 is 0 Å². The Morgan fingerprint density at radius 3 is 2.81 bits per heavy atom. The molecule has 1 unspecified atom stereocenters. The third-order valence-corrected chi connectivity index (χ3v) is 2.21. The maximum atomic E-state index is 11.3. The zero-order valence-electron chi connectivity index (χ0n) is 9.57. The third-order valence-electron chi connectivity index (χ3n) is 2.21. The summed E-state index contributed by atoms with van der Waals surface area (Å²) < 4.78 is 15.2. The van der Waals surface area contributed by atoms with Gasteiger partial charge in [-0.1, -0.05) is 0 Å². The highest BCUT2D eigenvalue weighted by molar-refractivity contribution is 5.96. The Bertz CT molecular complexity index is 233. The quantitative estimate of drug-likeness (QED) is 0.504. The van der Waals surface area contributed by atoms with Crippen molar-refractivity contribution in [1.82, 2.24) is 0 Å². The standard InChI is InChI=1S/C11H18O5/c1-2-14-10(13)7-9(12)8-16-11-5-3-4-6-15-11/h11H,2-8H2,1H3. The fourth-order valence-corrected chi connectivity index (χ4v) is 1.45. The summed E-state index contributed by atoms with van der Waals surface area (Å²) in [5.74, 6) is -0.770. The first kappa shape index (κ1) is 13.1. The fraction of sp³-hybridized carbons (Fsp3) is 0.818. The van der Waals surface area contributed by atoms with Crippen LogP contribution in [-0.2, 0) is 23.8 Å². The zero-order chi connectivity index (χ0) is 11.8. The van der Waals surface area contributed by atoms with Gasteiger partial charge in [0.25, 0.3) is 0 Å². The summed E-state index contributed by atoms with van der Waals surface area (Å²) in [6.07, 6.45) is 2.39. The van der Waals surface area contributed by atoms with Crippen molar-refractivity contribution < 1.29 is 23.8 Å². The van der Waals surface area contributed by atoms with Gasteiger partial charge in [0.05, 0.1) is 6.61 Å². The van der Waals surface area contributed by atoms with Crippen LogP contribution in [0.3, 0.4) is 0 Å². The molecule has 92 valence electrons. The molecule has 1 fully saturated rings. The summed E-state index contributed by atoms with van der Waals surface area (Å²) in [6, 6.07) is 0. The number of Topliss-reactive ketones (excluding diaryl/α,β-unsaturated/α-hetero) is 1. The molecule has 1 atom stereocenters. The highest BCUT2D eigenvalue weighted by Gasteiger charge is 2.17. The van der Waals surface area contributed by atoms with Crippen LogP contribution in [0.15, 0.2) is 0 Å². The molecule has 0 spiro atoms. The Morgan fingerprint density at radius 1 is 1.38 bits per heavy atom. The minimum absolute atomic E-state index is 0.0799. The van der Waals surface area contributed by atoms with Gasteiger partial charge in [-0.2, -0.15) is 0 Å². The summed E-state index contributed by atoms with van der Waals surface area (Å²) in [5, 5.41) is 0. The van der Waals surface area contributed by atoms with Gasteiger partial charge in [-0.25, -0.2) is 0 Å². The lowest BCUT2D eigenvalue weighted by molar-refractivity contribution is -0.170. The van der Waals surface area contributed by atoms with Gasteiger partial charge >= 0.3 is 5.97 Å². The van der Waals surface area contributed by atoms with Crippen LogP contribution in [-0.4, -0.2) is 37.9 Å². The minimum Gasteiger partial charge on any atom is -0.466 e. The first-order valence-corrected chi connectivity index (χ1v) is 5.63. The van der Waals surface area contributed by atoms with E-state index in [4.69, 9.17) is 9.47 Å². The van der Waals surface area contributed by atoms with Crippen LogP contribution < -0.4 is 0 Å². The molecular weight excluding hydrogens is 212 g/mol. The molecule has 1 saturated heterocycles. The Morgan fingerprint density at radius 2 is 2.19 bits per heavy atom. The minimum atomic E-state index is -0.499. The van der Waals surface area contributed by atoms with Crippen LogP contribution in [0.5, 0.6) is 0 Å². The highest BCUT2D eigenvalue weighted by atomic mass is 16.7. The molecule has 0 aromatic carbocycles. The summed E-state index contributed by atoms with van der Waals surface area (Å²) in [6.45, 7) is 2.59. The molecule has 0 radical (unpaired) electrons. The molecule has 0 aromatic heterocycles. The molecule has 0 amide bonds. The molecule has 1 heterocycles. The van der Waals surface area contributed by atoms with Crippen molar-refractivity contribution in [2.45, 2.75) is 38.9 Å². The van der Waals surface area contributed by atoms with Gasteiger partial charge in [-0.05, 0) is 26.2 Å². The molecule has 5 nitrogen and oxygen atoms in total. The first-order chi connectivity index (χ1) is 7.72. The van der Waals surface area contributed by atoms with Gasteiger partial charge in [0.2, 0.25) is 0 Å². The number of hydrogen-bond donors (Lipinski definition) is 0. The second kappa shape index (κ2) is 7.35. The molecule has 5 heteroatoms. The number of ether oxygens (including phenoxy) is 3. The topological polar surface area (TPSA) is 61.8 Å². The lowest BCUT2D eigenvalue weighted by Gasteiger charge is -2.22. The van der Waals surface area contributed by atoms with E-state index in [0.717, 1.165) is 19.3 Å². The molecule has 0 saturated carbocycles. The molecular formula is C11H18O5. The second-order valence-electron chi connectivity index (χ2n) is 3.63. The molecule has 0 aliphatic carbocycles. The summed E-state index contributed by atoms with van der Waals surface area (Å²) in [5.41, 5.74) is 0. The van der Waals surface area contributed by atoms with Gasteiger partial charge < -0.3 is 14.2 Å². The van der Waals surface area contributed by atoms with Crippen LogP contribution in [0.1, 0.15) is 32.6 Å². The van der Waals surface area contributed by atoms with E-state index in [1.807, 2.05) is 0 Å². The zero-order valence-corrected chi connectivity index (χ0v) is 9.57. The number of ketones is 1. The molecule has 1 aliphatic heterocycles. The average Bonchev–Trinajstić information content (AvgIpc) is 2.28. The first-order valence-electron chi connectivity index (χ1n) is 5.63. The SMILES string of the molecule is CCOC(=O)CC(=O)COC1CCCCO1. The van der Waals surface area contributed by atoms with Crippen molar-refractivity contribution in [3.63, 3.8) is 0 Å². The number of rotatable bonds is 6. The Hall–Kier alpha value is -0.940. The Labute approximate surface area is 95.0 Å². The summed E-state index contributed by atoms with van der Waals surface area (Å²) in [4.78, 5) is 22.3. The molecule has 1 rings (SSSR count). The maximum absolute atomic E-state index is 11.3. The van der Waals surface area contributed by atoms with E-state index in [2.05, 4.69) is 4.74 Å². The molecule has 16 heavy (non-hydrogen) atoms. The second-order valence-corrected chi connectivity index (χ2v) is 3.63. The van der Waals surface area contributed by atoms with Crippen molar-refractivity contribution in [3.05, 3.63) is 0 Å². The van der Waals surface area contributed by atoms with Crippen LogP contribution in [0.25, 0.3) is 0 Å². The van der Waals surface area contributed by atoms with E-state index < -0.39 is 5.97 Å². The van der Waals surface area contributed by atoms with Crippen LogP contribution in [0.4, 0.5) is 0 Å². The summed E-state index contributed by atoms with van der Waals surface area (Å²) in [7, 11) is 0. The van der Waals surface area contributed by atoms with E-state index in [9.17, 15) is 9.59 Å². The molecule has 0 N–H and O–H groups in total. The molecule has 1 aliphatic rings. The number of carbonyl (C=O) groups is 2. The van der Waals surface area contributed by atoms with Gasteiger partial charge in [0.1, 0.15) is 13.0 Å². The summed E-state index contributed by atoms with van der Waals surface area (Å²) >= 11 is 0. The molecule has 0 bridgehead atoms. The number of esters is 1. The average molecular weight is 230 g/mol. The predicted octanol–water partition coefficient (Wildman–Crippen LogP) is 1.05. The van der Waals surface area contributed by atoms with Gasteiger partial charge in [-0.3, -0.25) is 9.59 Å². The van der Waals surface area contributed by atoms with Crippen molar-refractivity contribution >= 4 is 11.8 Å². The van der Waals surface area contributed by atoms with Gasteiger partial charge in [0, 0.05) is 6.61 Å². The van der Waals surface area contributed by atoms with E-state index in [0.29, 0.717) is 13.2 Å². The Kier molecular flexibility index (Phi) is 6.03. The van der Waals surface area contributed by atoms with Crippen LogP contribution in [0, 0.1) is 0 Å². The van der Waals surface area contributed by atoms with Crippen molar-refractivity contribution in [3.8, 4) is 0 Å². The smallest absolute Gasteiger partial charge is 0.313 e. The van der Waals surface area contributed by atoms with E-state index in [1.165, 1.54) is 0 Å². The van der Waals surface area contributed by atoms with E-state index in [1.54, 1.807) is 6.92 Å². The highest BCUT2D eigenvalue weighted by Crippen LogP contribution is 2.13. The number of carbonyl (C=O) groups excluding carboxylic acids is 2. The van der Waals surface area contributed by atoms with Crippen molar-refractivity contribution in [2.75, 3.05) is 19.8 Å². The fourth-order valence-electron chi connectivity index (χ4n) is 1.45. The predicted molar refractivity (Wildman–Crippen MR) is 55.8 cm³/mol. The third kappa shape index (κ3) is 5.23. The van der Waals surface area contributed by atoms with Crippen molar-refractivity contribution in [2.24, 2.45) is 0 Å². The molecule has 0 aromatic rings. The van der Waals surface area contributed by atoms with Gasteiger partial charge in [-0.15, -0.1) is 0 Å². The Balaban J connectivity index is 2.11. The number of hydrogen-bond acceptors (Lipinski definition) is 5. The largest absolute Gasteiger partial charge is 0.466 e. The van der Waals surface area contributed by atoms with Crippen molar-refractivity contribution in [1.29, 1.82) is 0 Å². The maximum Gasteiger partial charge on any atom is 0.313 e. The lowest BCUT2D eigenvalue weighted by Crippen LogP contribution is -2.26. The van der Waals surface area contributed by atoms with Crippen LogP contribution in [0.2, 0.25) is 0 Å². The monoisotopic (exact) mass is 230 g/mol. The van der Waals surface area contributed by atoms with E-state index in [-0.39, 0.29) is 25.1 Å². The normalized spacial score (nSPS) is 20.4. The van der Waals surface area contributed by atoms with Gasteiger partial charge in [0.15, 0.2) is 12.1 Å². The lowest BCUT2D eigenvalue weighted by atomic mass is 10.2. The van der Waals surface area contributed by atoms with E-state index >= 15 is 0 Å².